The summed E-state index contributed by atoms with van der Waals surface area (Å²) in [6.45, 7) is 4.39. The topological polar surface area (TPSA) is 90.2 Å². The molecule has 0 amide bonds. The number of aromatic nitrogens is 4. The van der Waals surface area contributed by atoms with E-state index in [1.165, 1.54) is 15.2 Å². The minimum atomic E-state index is -3.60. The number of hydrogen-bond donors (Lipinski definition) is 0. The molecule has 1 atom stereocenters. The van der Waals surface area contributed by atoms with Crippen molar-refractivity contribution in [3.8, 4) is 0 Å². The van der Waals surface area contributed by atoms with Gasteiger partial charge in [-0.25, -0.2) is 8.42 Å². The van der Waals surface area contributed by atoms with Gasteiger partial charge >= 0.3 is 0 Å². The second-order valence-electron chi connectivity index (χ2n) is 5.56. The second-order valence-corrected chi connectivity index (χ2v) is 7.46. The van der Waals surface area contributed by atoms with Crippen molar-refractivity contribution < 1.29 is 13.2 Å². The van der Waals surface area contributed by atoms with Crippen LogP contribution in [0.25, 0.3) is 0 Å². The Morgan fingerprint density at radius 3 is 2.65 bits per heavy atom. The Morgan fingerprint density at radius 2 is 2.04 bits per heavy atom. The molecule has 3 heterocycles. The molecule has 1 fully saturated rings. The van der Waals surface area contributed by atoms with E-state index in [0.717, 1.165) is 5.69 Å². The standard InChI is InChI=1S/C14H19N5O3S/c1-10-6-16-12(7-15-10)13-8-19(4-5-22-13)23(20,21)14-9-18(3)17-11(14)2/h6-7,9,13H,4-5,8H2,1-3H3/t13-/m1/s1. The van der Waals surface area contributed by atoms with Crippen LogP contribution in [0.1, 0.15) is 23.2 Å². The van der Waals surface area contributed by atoms with Crippen LogP contribution < -0.4 is 0 Å². The van der Waals surface area contributed by atoms with Gasteiger partial charge in [0.15, 0.2) is 0 Å². The van der Waals surface area contributed by atoms with Gasteiger partial charge in [-0.3, -0.25) is 14.6 Å². The second kappa shape index (κ2) is 5.99. The Labute approximate surface area is 135 Å². The van der Waals surface area contributed by atoms with E-state index in [-0.39, 0.29) is 11.4 Å². The molecular formula is C14H19N5O3S. The molecule has 1 saturated heterocycles. The molecule has 23 heavy (non-hydrogen) atoms. The van der Waals surface area contributed by atoms with E-state index in [1.807, 2.05) is 6.92 Å². The molecular weight excluding hydrogens is 318 g/mol. The quantitative estimate of drug-likeness (QED) is 0.814. The Bertz CT molecular complexity index is 800. The minimum Gasteiger partial charge on any atom is -0.369 e. The molecule has 124 valence electrons. The molecule has 0 aromatic carbocycles. The summed E-state index contributed by atoms with van der Waals surface area (Å²) in [6.07, 6.45) is 4.40. The smallest absolute Gasteiger partial charge is 0.246 e. The van der Waals surface area contributed by atoms with Crippen molar-refractivity contribution in [1.29, 1.82) is 0 Å². The van der Waals surface area contributed by atoms with Gasteiger partial charge in [-0.15, -0.1) is 0 Å². The maximum Gasteiger partial charge on any atom is 0.246 e. The van der Waals surface area contributed by atoms with Crippen molar-refractivity contribution in [3.63, 3.8) is 0 Å². The lowest BCUT2D eigenvalue weighted by atomic mass is 10.2. The fraction of sp³-hybridized carbons (Fsp3) is 0.500. The monoisotopic (exact) mass is 337 g/mol. The predicted octanol–water partition coefficient (Wildman–Crippen LogP) is 0.589. The van der Waals surface area contributed by atoms with Gasteiger partial charge in [0.25, 0.3) is 0 Å². The Kier molecular flexibility index (Phi) is 4.17. The SMILES string of the molecule is Cc1cnc([C@H]2CN(S(=O)(=O)c3cn(C)nc3C)CCO2)cn1. The van der Waals surface area contributed by atoms with Gasteiger partial charge in [0.05, 0.1) is 29.9 Å². The van der Waals surface area contributed by atoms with Crippen LogP contribution in [0.15, 0.2) is 23.5 Å². The van der Waals surface area contributed by atoms with Crippen LogP contribution in [0.5, 0.6) is 0 Å². The highest BCUT2D eigenvalue weighted by Gasteiger charge is 2.34. The fourth-order valence-corrected chi connectivity index (χ4v) is 4.19. The van der Waals surface area contributed by atoms with Gasteiger partial charge in [0.2, 0.25) is 10.0 Å². The lowest BCUT2D eigenvalue weighted by Crippen LogP contribution is -2.42. The van der Waals surface area contributed by atoms with Gasteiger partial charge in [-0.2, -0.15) is 9.40 Å². The maximum atomic E-state index is 12.8. The van der Waals surface area contributed by atoms with E-state index in [9.17, 15) is 8.42 Å². The summed E-state index contributed by atoms with van der Waals surface area (Å²) < 4.78 is 34.3. The molecule has 0 unspecified atom stereocenters. The van der Waals surface area contributed by atoms with Crippen molar-refractivity contribution >= 4 is 10.0 Å². The summed E-state index contributed by atoms with van der Waals surface area (Å²) in [6, 6.07) is 0. The summed E-state index contributed by atoms with van der Waals surface area (Å²) in [5, 5.41) is 4.12. The van der Waals surface area contributed by atoms with Crippen LogP contribution in [-0.2, 0) is 21.8 Å². The molecule has 9 heteroatoms. The largest absolute Gasteiger partial charge is 0.369 e. The summed E-state index contributed by atoms with van der Waals surface area (Å²) in [4.78, 5) is 8.71. The summed E-state index contributed by atoms with van der Waals surface area (Å²) in [5.74, 6) is 0. The molecule has 0 spiro atoms. The molecule has 1 aliphatic rings. The lowest BCUT2D eigenvalue weighted by molar-refractivity contribution is -0.00517. The van der Waals surface area contributed by atoms with Crippen LogP contribution in [0.3, 0.4) is 0 Å². The summed E-state index contributed by atoms with van der Waals surface area (Å²) in [5.41, 5.74) is 1.93. The molecule has 1 aliphatic heterocycles. The first-order valence-electron chi connectivity index (χ1n) is 7.28. The zero-order valence-corrected chi connectivity index (χ0v) is 14.1. The molecule has 2 aromatic rings. The van der Waals surface area contributed by atoms with E-state index < -0.39 is 16.1 Å². The predicted molar refractivity (Wildman–Crippen MR) is 82.2 cm³/mol. The van der Waals surface area contributed by atoms with Gasteiger partial charge in [0.1, 0.15) is 11.0 Å². The highest BCUT2D eigenvalue weighted by Crippen LogP contribution is 2.26. The normalized spacial score (nSPS) is 19.9. The van der Waals surface area contributed by atoms with Crippen LogP contribution in [0.2, 0.25) is 0 Å². The number of aryl methyl sites for hydroxylation is 3. The Balaban J connectivity index is 1.85. The minimum absolute atomic E-state index is 0.217. The average molecular weight is 337 g/mol. The molecule has 0 radical (unpaired) electrons. The van der Waals surface area contributed by atoms with Crippen molar-refractivity contribution in [2.75, 3.05) is 19.7 Å². The van der Waals surface area contributed by atoms with Crippen LogP contribution in [0.4, 0.5) is 0 Å². The Hall–Kier alpha value is -1.84. The molecule has 0 aliphatic carbocycles. The fourth-order valence-electron chi connectivity index (χ4n) is 2.56. The third-order valence-corrected chi connectivity index (χ3v) is 5.71. The number of rotatable bonds is 3. The lowest BCUT2D eigenvalue weighted by Gasteiger charge is -2.31. The zero-order chi connectivity index (χ0) is 16.6. The molecule has 0 saturated carbocycles. The third-order valence-electron chi connectivity index (χ3n) is 3.75. The molecule has 3 rings (SSSR count). The van der Waals surface area contributed by atoms with E-state index in [0.29, 0.717) is 24.5 Å². The van der Waals surface area contributed by atoms with Crippen LogP contribution >= 0.6 is 0 Å². The first-order chi connectivity index (χ1) is 10.9. The van der Waals surface area contributed by atoms with Crippen molar-refractivity contribution in [2.45, 2.75) is 24.8 Å². The number of hydrogen-bond acceptors (Lipinski definition) is 6. The average Bonchev–Trinajstić information content (AvgIpc) is 2.87. The third kappa shape index (κ3) is 3.12. The first kappa shape index (κ1) is 16.0. The zero-order valence-electron chi connectivity index (χ0n) is 13.3. The molecule has 0 N–H and O–H groups in total. The van der Waals surface area contributed by atoms with Gasteiger partial charge in [-0.05, 0) is 13.8 Å². The van der Waals surface area contributed by atoms with Gasteiger partial charge < -0.3 is 4.74 Å². The number of sulfonamides is 1. The Morgan fingerprint density at radius 1 is 1.26 bits per heavy atom. The number of nitrogens with zero attached hydrogens (tertiary/aromatic N) is 5. The molecule has 2 aromatic heterocycles. The van der Waals surface area contributed by atoms with Crippen molar-refractivity contribution in [3.05, 3.63) is 35.7 Å². The van der Waals surface area contributed by atoms with E-state index in [1.54, 1.807) is 26.4 Å². The number of morpholine rings is 1. The maximum absolute atomic E-state index is 12.8. The van der Waals surface area contributed by atoms with E-state index >= 15 is 0 Å². The van der Waals surface area contributed by atoms with E-state index in [4.69, 9.17) is 4.74 Å². The van der Waals surface area contributed by atoms with Crippen molar-refractivity contribution in [1.82, 2.24) is 24.1 Å². The summed E-state index contributed by atoms with van der Waals surface area (Å²) in [7, 11) is -1.89. The van der Waals surface area contributed by atoms with Gasteiger partial charge in [-0.1, -0.05) is 0 Å². The first-order valence-corrected chi connectivity index (χ1v) is 8.72. The van der Waals surface area contributed by atoms with Crippen molar-refractivity contribution in [2.24, 2.45) is 7.05 Å². The highest BCUT2D eigenvalue weighted by molar-refractivity contribution is 7.89. The molecule has 8 nitrogen and oxygen atoms in total. The van der Waals surface area contributed by atoms with Crippen LogP contribution in [0, 0.1) is 13.8 Å². The highest BCUT2D eigenvalue weighted by atomic mass is 32.2. The molecule has 0 bridgehead atoms. The van der Waals surface area contributed by atoms with Gasteiger partial charge in [0, 0.05) is 32.5 Å². The van der Waals surface area contributed by atoms with E-state index in [2.05, 4.69) is 15.1 Å². The number of ether oxygens (including phenoxy) is 1. The van der Waals surface area contributed by atoms with Crippen LogP contribution in [-0.4, -0.2) is 52.2 Å². The summed E-state index contributed by atoms with van der Waals surface area (Å²) >= 11 is 0.